The Morgan fingerprint density at radius 3 is 2.74 bits per heavy atom. The Morgan fingerprint density at radius 2 is 2.05 bits per heavy atom. The molecule has 0 fully saturated rings. The van der Waals surface area contributed by atoms with Gasteiger partial charge in [0.15, 0.2) is 0 Å². The Bertz CT molecular complexity index is 525. The van der Waals surface area contributed by atoms with Crippen LogP contribution < -0.4 is 10.6 Å². The highest BCUT2D eigenvalue weighted by atomic mass is 32.1. The number of hydrogen-bond donors (Lipinski definition) is 2. The first kappa shape index (κ1) is 13.7. The SMILES string of the molecule is CCCNc1cc(NC(C)c2ncc(C)s2)ncn1. The molecule has 0 saturated heterocycles. The van der Waals surface area contributed by atoms with Crippen molar-refractivity contribution in [3.8, 4) is 0 Å². The van der Waals surface area contributed by atoms with E-state index in [1.165, 1.54) is 4.88 Å². The van der Waals surface area contributed by atoms with Crippen molar-refractivity contribution in [1.29, 1.82) is 0 Å². The summed E-state index contributed by atoms with van der Waals surface area (Å²) in [7, 11) is 0. The molecule has 0 aromatic carbocycles. The molecular weight excluding hydrogens is 258 g/mol. The lowest BCUT2D eigenvalue weighted by molar-refractivity contribution is 0.858. The monoisotopic (exact) mass is 277 g/mol. The summed E-state index contributed by atoms with van der Waals surface area (Å²) in [5.74, 6) is 1.66. The summed E-state index contributed by atoms with van der Waals surface area (Å²) < 4.78 is 0. The molecule has 0 aliphatic heterocycles. The molecule has 2 heterocycles. The topological polar surface area (TPSA) is 62.7 Å². The highest BCUT2D eigenvalue weighted by molar-refractivity contribution is 7.11. The Labute approximate surface area is 117 Å². The average Bonchev–Trinajstić information content (AvgIpc) is 2.83. The van der Waals surface area contributed by atoms with Crippen LogP contribution in [0, 0.1) is 6.92 Å². The number of anilines is 2. The lowest BCUT2D eigenvalue weighted by atomic mass is 10.3. The maximum Gasteiger partial charge on any atom is 0.132 e. The Hall–Kier alpha value is -1.69. The largest absolute Gasteiger partial charge is 0.370 e. The predicted molar refractivity (Wildman–Crippen MR) is 79.7 cm³/mol. The molecule has 0 amide bonds. The summed E-state index contributed by atoms with van der Waals surface area (Å²) >= 11 is 1.70. The molecule has 5 nitrogen and oxygen atoms in total. The van der Waals surface area contributed by atoms with Gasteiger partial charge in [0.25, 0.3) is 0 Å². The molecule has 6 heteroatoms. The molecule has 0 aliphatic carbocycles. The van der Waals surface area contributed by atoms with Gasteiger partial charge in [-0.05, 0) is 20.3 Å². The van der Waals surface area contributed by atoms with Crippen molar-refractivity contribution in [2.75, 3.05) is 17.2 Å². The van der Waals surface area contributed by atoms with Crippen LogP contribution in [0.25, 0.3) is 0 Å². The summed E-state index contributed by atoms with van der Waals surface area (Å²) in [6.45, 7) is 7.18. The van der Waals surface area contributed by atoms with Gasteiger partial charge >= 0.3 is 0 Å². The van der Waals surface area contributed by atoms with Crippen molar-refractivity contribution in [2.24, 2.45) is 0 Å². The summed E-state index contributed by atoms with van der Waals surface area (Å²) in [5, 5.41) is 7.66. The summed E-state index contributed by atoms with van der Waals surface area (Å²) in [6, 6.07) is 2.07. The van der Waals surface area contributed by atoms with E-state index in [9.17, 15) is 0 Å². The van der Waals surface area contributed by atoms with E-state index >= 15 is 0 Å². The number of hydrogen-bond acceptors (Lipinski definition) is 6. The first-order chi connectivity index (χ1) is 9.19. The van der Waals surface area contributed by atoms with E-state index in [4.69, 9.17) is 0 Å². The van der Waals surface area contributed by atoms with Gasteiger partial charge in [0, 0.05) is 23.7 Å². The van der Waals surface area contributed by atoms with E-state index in [0.717, 1.165) is 29.6 Å². The van der Waals surface area contributed by atoms with Gasteiger partial charge in [0.2, 0.25) is 0 Å². The zero-order valence-corrected chi connectivity index (χ0v) is 12.3. The van der Waals surface area contributed by atoms with Crippen LogP contribution in [-0.2, 0) is 0 Å². The predicted octanol–water partition coefficient (Wildman–Crippen LogP) is 3.24. The molecule has 1 atom stereocenters. The highest BCUT2D eigenvalue weighted by Gasteiger charge is 2.10. The van der Waals surface area contributed by atoms with E-state index in [0.29, 0.717) is 0 Å². The van der Waals surface area contributed by atoms with E-state index in [1.807, 2.05) is 12.3 Å². The van der Waals surface area contributed by atoms with Crippen LogP contribution in [0.1, 0.15) is 36.2 Å². The van der Waals surface area contributed by atoms with Gasteiger partial charge in [-0.15, -0.1) is 11.3 Å². The van der Waals surface area contributed by atoms with Crippen LogP contribution in [0.15, 0.2) is 18.6 Å². The normalized spacial score (nSPS) is 12.2. The first-order valence-corrected chi connectivity index (χ1v) is 7.25. The van der Waals surface area contributed by atoms with E-state index in [-0.39, 0.29) is 6.04 Å². The fourth-order valence-electron chi connectivity index (χ4n) is 1.64. The minimum atomic E-state index is 0.146. The first-order valence-electron chi connectivity index (χ1n) is 6.44. The molecule has 0 spiro atoms. The molecule has 1 unspecified atom stereocenters. The molecular formula is C13H19N5S. The van der Waals surface area contributed by atoms with Gasteiger partial charge in [-0.1, -0.05) is 6.92 Å². The van der Waals surface area contributed by atoms with Crippen LogP contribution in [0.3, 0.4) is 0 Å². The Balaban J connectivity index is 2.02. The maximum atomic E-state index is 4.38. The maximum absolute atomic E-state index is 4.38. The molecule has 2 rings (SSSR count). The summed E-state index contributed by atoms with van der Waals surface area (Å²) in [6.07, 6.45) is 4.54. The minimum absolute atomic E-state index is 0.146. The van der Waals surface area contributed by atoms with Crippen molar-refractivity contribution in [3.05, 3.63) is 28.5 Å². The summed E-state index contributed by atoms with van der Waals surface area (Å²) in [5.41, 5.74) is 0. The lowest BCUT2D eigenvalue weighted by Gasteiger charge is -2.12. The number of rotatable bonds is 6. The fourth-order valence-corrected chi connectivity index (χ4v) is 2.42. The quantitative estimate of drug-likeness (QED) is 0.848. The third-order valence-corrected chi connectivity index (χ3v) is 3.69. The fraction of sp³-hybridized carbons (Fsp3) is 0.462. The molecule has 0 bridgehead atoms. The average molecular weight is 277 g/mol. The van der Waals surface area contributed by atoms with E-state index < -0.39 is 0 Å². The van der Waals surface area contributed by atoms with Crippen molar-refractivity contribution >= 4 is 23.0 Å². The number of nitrogens with one attached hydrogen (secondary N) is 2. The molecule has 2 aromatic rings. The van der Waals surface area contributed by atoms with Crippen LogP contribution in [-0.4, -0.2) is 21.5 Å². The van der Waals surface area contributed by atoms with Crippen molar-refractivity contribution in [3.63, 3.8) is 0 Å². The summed E-state index contributed by atoms with van der Waals surface area (Å²) in [4.78, 5) is 14.0. The smallest absolute Gasteiger partial charge is 0.132 e. The second-order valence-electron chi connectivity index (χ2n) is 4.39. The molecule has 0 saturated carbocycles. The molecule has 2 N–H and O–H groups in total. The van der Waals surface area contributed by atoms with Crippen LogP contribution in [0.2, 0.25) is 0 Å². The third kappa shape index (κ3) is 3.89. The zero-order valence-electron chi connectivity index (χ0n) is 11.5. The van der Waals surface area contributed by atoms with E-state index in [2.05, 4.69) is 46.4 Å². The minimum Gasteiger partial charge on any atom is -0.370 e. The van der Waals surface area contributed by atoms with Gasteiger partial charge < -0.3 is 10.6 Å². The zero-order chi connectivity index (χ0) is 13.7. The number of nitrogens with zero attached hydrogens (tertiary/aromatic N) is 3. The Kier molecular flexibility index (Phi) is 4.68. The number of aryl methyl sites for hydroxylation is 1. The van der Waals surface area contributed by atoms with E-state index in [1.54, 1.807) is 17.7 Å². The standard InChI is InChI=1S/C13H19N5S/c1-4-5-14-11-6-12(17-8-16-11)18-10(3)13-15-7-9(2)19-13/h6-8,10H,4-5H2,1-3H3,(H2,14,16,17,18). The Morgan fingerprint density at radius 1 is 1.26 bits per heavy atom. The molecule has 2 aromatic heterocycles. The van der Waals surface area contributed by atoms with Crippen molar-refractivity contribution in [2.45, 2.75) is 33.2 Å². The van der Waals surface area contributed by atoms with Crippen LogP contribution >= 0.6 is 11.3 Å². The second kappa shape index (κ2) is 6.47. The van der Waals surface area contributed by atoms with Crippen molar-refractivity contribution < 1.29 is 0 Å². The van der Waals surface area contributed by atoms with Gasteiger partial charge in [-0.2, -0.15) is 0 Å². The molecule has 0 aliphatic rings. The second-order valence-corrected chi connectivity index (χ2v) is 5.66. The van der Waals surface area contributed by atoms with Gasteiger partial charge in [0.05, 0.1) is 6.04 Å². The van der Waals surface area contributed by atoms with Gasteiger partial charge in [0.1, 0.15) is 23.0 Å². The highest BCUT2D eigenvalue weighted by Crippen LogP contribution is 2.22. The lowest BCUT2D eigenvalue weighted by Crippen LogP contribution is -2.09. The van der Waals surface area contributed by atoms with Crippen molar-refractivity contribution in [1.82, 2.24) is 15.0 Å². The number of aromatic nitrogens is 3. The van der Waals surface area contributed by atoms with Gasteiger partial charge in [-0.3, -0.25) is 0 Å². The molecule has 0 radical (unpaired) electrons. The van der Waals surface area contributed by atoms with Crippen LogP contribution in [0.5, 0.6) is 0 Å². The van der Waals surface area contributed by atoms with Crippen LogP contribution in [0.4, 0.5) is 11.6 Å². The molecule has 19 heavy (non-hydrogen) atoms. The number of thiazole rings is 1. The molecule has 102 valence electrons. The van der Waals surface area contributed by atoms with Gasteiger partial charge in [-0.25, -0.2) is 15.0 Å². The third-order valence-electron chi connectivity index (χ3n) is 2.60.